The monoisotopic (exact) mass is 548 g/mol. The summed E-state index contributed by atoms with van der Waals surface area (Å²) in [5, 5.41) is 16.3. The van der Waals surface area contributed by atoms with E-state index in [9.17, 15) is 0 Å². The number of methoxy groups -OCH3 is 2. The first-order valence-electron chi connectivity index (χ1n) is 9.68. The highest BCUT2D eigenvalue weighted by Gasteiger charge is 2.12. The second-order valence-corrected chi connectivity index (χ2v) is 7.68. The number of aliphatic imine (C=N–C) groups is 1. The van der Waals surface area contributed by atoms with Crippen LogP contribution in [0.1, 0.15) is 26.1 Å². The molecule has 0 unspecified atom stereocenters. The minimum absolute atomic E-state index is 0. The molecule has 0 saturated carbocycles. The third kappa shape index (κ3) is 7.53. The molecule has 30 heavy (non-hydrogen) atoms. The van der Waals surface area contributed by atoms with Crippen LogP contribution in [0.4, 0.5) is 5.69 Å². The molecule has 1 aromatic heterocycles. The average Bonchev–Trinajstić information content (AvgIpc) is 3.10. The largest absolute Gasteiger partial charge is 0.493 e. The van der Waals surface area contributed by atoms with Crippen molar-refractivity contribution in [3.05, 3.63) is 24.0 Å². The van der Waals surface area contributed by atoms with Crippen LogP contribution in [-0.4, -0.2) is 54.8 Å². The van der Waals surface area contributed by atoms with Crippen molar-refractivity contribution in [2.75, 3.05) is 39.4 Å². The molecule has 0 bridgehead atoms. The number of ether oxygens (including phenoxy) is 2. The van der Waals surface area contributed by atoms with Crippen LogP contribution in [-0.2, 0) is 13.0 Å². The Morgan fingerprint density at radius 1 is 1.20 bits per heavy atom. The van der Waals surface area contributed by atoms with E-state index >= 15 is 0 Å². The van der Waals surface area contributed by atoms with Crippen molar-refractivity contribution in [2.45, 2.75) is 38.4 Å². The molecule has 0 fully saturated rings. The van der Waals surface area contributed by atoms with Gasteiger partial charge >= 0.3 is 0 Å². The minimum Gasteiger partial charge on any atom is -0.493 e. The first-order chi connectivity index (χ1) is 14.0. The van der Waals surface area contributed by atoms with E-state index in [1.54, 1.807) is 33.0 Å². The lowest BCUT2D eigenvalue weighted by Crippen LogP contribution is -2.31. The zero-order valence-electron chi connectivity index (χ0n) is 18.6. The van der Waals surface area contributed by atoms with Crippen LogP contribution in [0.15, 0.2) is 28.3 Å². The number of benzene rings is 1. The smallest absolute Gasteiger partial charge is 0.195 e. The molecule has 2 N–H and O–H groups in total. The molecule has 8 nitrogen and oxygen atoms in total. The highest BCUT2D eigenvalue weighted by Crippen LogP contribution is 2.29. The Morgan fingerprint density at radius 3 is 2.53 bits per heavy atom. The van der Waals surface area contributed by atoms with Gasteiger partial charge in [0.2, 0.25) is 0 Å². The lowest BCUT2D eigenvalue weighted by Gasteiger charge is -2.14. The maximum absolute atomic E-state index is 5.35. The van der Waals surface area contributed by atoms with Gasteiger partial charge in [-0.1, -0.05) is 25.6 Å². The second kappa shape index (κ2) is 13.6. The standard InChI is InChI=1S/C20H32N6O2S.HI/c1-14(2)13-26-18(24-25-20(26)29-6)8-7-11-22-19(21-3)23-15-9-10-16(27-4)17(12-15)28-5;/h9-10,12,14H,7-8,11,13H2,1-6H3,(H2,21,22,23);1H. The molecule has 0 aliphatic rings. The van der Waals surface area contributed by atoms with Gasteiger partial charge in [0.15, 0.2) is 22.6 Å². The quantitative estimate of drug-likeness (QED) is 0.153. The van der Waals surface area contributed by atoms with Crippen molar-refractivity contribution in [3.8, 4) is 11.5 Å². The van der Waals surface area contributed by atoms with Crippen LogP contribution in [0, 0.1) is 5.92 Å². The molecule has 0 aliphatic heterocycles. The van der Waals surface area contributed by atoms with E-state index in [1.165, 1.54) is 0 Å². The summed E-state index contributed by atoms with van der Waals surface area (Å²) in [5.41, 5.74) is 0.872. The maximum atomic E-state index is 5.35. The predicted molar refractivity (Wildman–Crippen MR) is 135 cm³/mol. The van der Waals surface area contributed by atoms with E-state index < -0.39 is 0 Å². The van der Waals surface area contributed by atoms with E-state index in [0.717, 1.165) is 42.6 Å². The lowest BCUT2D eigenvalue weighted by atomic mass is 10.2. The molecule has 2 rings (SSSR count). The number of hydrogen-bond donors (Lipinski definition) is 2. The van der Waals surface area contributed by atoms with Gasteiger partial charge in [-0.05, 0) is 30.7 Å². The van der Waals surface area contributed by atoms with Gasteiger partial charge in [-0.15, -0.1) is 34.2 Å². The Labute approximate surface area is 200 Å². The first kappa shape index (κ1) is 26.3. The van der Waals surface area contributed by atoms with Crippen LogP contribution in [0.5, 0.6) is 11.5 Å². The third-order valence-corrected chi connectivity index (χ3v) is 4.93. The summed E-state index contributed by atoms with van der Waals surface area (Å²) in [7, 11) is 4.99. The molecule has 0 saturated heterocycles. The van der Waals surface area contributed by atoms with Crippen molar-refractivity contribution in [2.24, 2.45) is 10.9 Å². The zero-order valence-corrected chi connectivity index (χ0v) is 21.7. The van der Waals surface area contributed by atoms with Gasteiger partial charge < -0.3 is 24.7 Å². The summed E-state index contributed by atoms with van der Waals surface area (Å²) < 4.78 is 12.8. The molecule has 2 aromatic rings. The summed E-state index contributed by atoms with van der Waals surface area (Å²) in [6, 6.07) is 5.66. The van der Waals surface area contributed by atoms with Gasteiger partial charge in [-0.3, -0.25) is 4.99 Å². The molecule has 10 heteroatoms. The molecule has 0 amide bonds. The number of halogens is 1. The molecule has 0 radical (unpaired) electrons. The molecule has 0 atom stereocenters. The fourth-order valence-corrected chi connectivity index (χ4v) is 3.41. The molecule has 0 spiro atoms. The first-order valence-corrected chi connectivity index (χ1v) is 10.9. The number of rotatable bonds is 10. The summed E-state index contributed by atoms with van der Waals surface area (Å²) in [6.07, 6.45) is 3.83. The Kier molecular flexibility index (Phi) is 11.9. The Bertz CT molecular complexity index is 813. The average molecular weight is 548 g/mol. The van der Waals surface area contributed by atoms with Crippen LogP contribution in [0.3, 0.4) is 0 Å². The molecular weight excluding hydrogens is 515 g/mol. The van der Waals surface area contributed by atoms with Gasteiger partial charge in [0.05, 0.1) is 14.2 Å². The van der Waals surface area contributed by atoms with Gasteiger partial charge in [0, 0.05) is 38.3 Å². The second-order valence-electron chi connectivity index (χ2n) is 6.90. The normalized spacial score (nSPS) is 11.2. The molecule has 0 aliphatic carbocycles. The number of thioether (sulfide) groups is 1. The van der Waals surface area contributed by atoms with Crippen LogP contribution in [0.25, 0.3) is 0 Å². The summed E-state index contributed by atoms with van der Waals surface area (Å²) in [6.45, 7) is 6.13. The highest BCUT2D eigenvalue weighted by atomic mass is 127. The van der Waals surface area contributed by atoms with Crippen LogP contribution < -0.4 is 20.1 Å². The Morgan fingerprint density at radius 2 is 1.93 bits per heavy atom. The number of aromatic nitrogens is 3. The van der Waals surface area contributed by atoms with E-state index in [4.69, 9.17) is 9.47 Å². The maximum Gasteiger partial charge on any atom is 0.195 e. The fraction of sp³-hybridized carbons (Fsp3) is 0.550. The van der Waals surface area contributed by atoms with E-state index in [2.05, 4.69) is 44.2 Å². The number of nitrogens with zero attached hydrogens (tertiary/aromatic N) is 4. The molecular formula is C20H33IN6O2S. The number of hydrogen-bond acceptors (Lipinski definition) is 6. The molecule has 1 heterocycles. The van der Waals surface area contributed by atoms with Gasteiger partial charge in [0.1, 0.15) is 5.82 Å². The fourth-order valence-electron chi connectivity index (χ4n) is 2.89. The lowest BCUT2D eigenvalue weighted by molar-refractivity contribution is 0.355. The molecule has 1 aromatic carbocycles. The number of anilines is 1. The number of guanidine groups is 1. The third-order valence-electron chi connectivity index (χ3n) is 4.26. The minimum atomic E-state index is 0. The Hall–Kier alpha value is -1.69. The number of aryl methyl sites for hydroxylation is 1. The highest BCUT2D eigenvalue weighted by molar-refractivity contribution is 14.0. The van der Waals surface area contributed by atoms with E-state index in [-0.39, 0.29) is 24.0 Å². The van der Waals surface area contributed by atoms with Crippen LogP contribution in [0.2, 0.25) is 0 Å². The summed E-state index contributed by atoms with van der Waals surface area (Å²) in [5.74, 6) is 3.65. The van der Waals surface area contributed by atoms with Crippen molar-refractivity contribution in [1.29, 1.82) is 0 Å². The predicted octanol–water partition coefficient (Wildman–Crippen LogP) is 3.91. The van der Waals surface area contributed by atoms with Gasteiger partial charge in [0.25, 0.3) is 0 Å². The van der Waals surface area contributed by atoms with Gasteiger partial charge in [-0.25, -0.2) is 0 Å². The van der Waals surface area contributed by atoms with Crippen LogP contribution >= 0.6 is 35.7 Å². The van der Waals surface area contributed by atoms with Crippen molar-refractivity contribution < 1.29 is 9.47 Å². The number of nitrogens with one attached hydrogen (secondary N) is 2. The zero-order chi connectivity index (χ0) is 21.2. The van der Waals surface area contributed by atoms with Crippen molar-refractivity contribution >= 4 is 47.4 Å². The topological polar surface area (TPSA) is 85.6 Å². The Balaban J connectivity index is 0.00000450. The van der Waals surface area contributed by atoms with E-state index in [1.807, 2.05) is 24.5 Å². The summed E-state index contributed by atoms with van der Waals surface area (Å²) in [4.78, 5) is 4.29. The van der Waals surface area contributed by atoms with E-state index in [0.29, 0.717) is 23.4 Å². The summed E-state index contributed by atoms with van der Waals surface area (Å²) >= 11 is 1.64. The van der Waals surface area contributed by atoms with Crippen molar-refractivity contribution in [1.82, 2.24) is 20.1 Å². The van der Waals surface area contributed by atoms with Gasteiger partial charge in [-0.2, -0.15) is 0 Å². The van der Waals surface area contributed by atoms with Crippen molar-refractivity contribution in [3.63, 3.8) is 0 Å². The molecule has 168 valence electrons. The SMILES string of the molecule is CN=C(NCCCc1nnc(SC)n1CC(C)C)Nc1ccc(OC)c(OC)c1.I.